The lowest BCUT2D eigenvalue weighted by Crippen LogP contribution is -2.17. The predicted octanol–water partition coefficient (Wildman–Crippen LogP) is 7.27. The number of allylic oxidation sites excluding steroid dienone is 3. The number of alkyl halides is 6. The van der Waals surface area contributed by atoms with Gasteiger partial charge in [0, 0.05) is 23.7 Å². The summed E-state index contributed by atoms with van der Waals surface area (Å²) in [6, 6.07) is 3.04. The van der Waals surface area contributed by atoms with E-state index in [1.165, 1.54) is 18.6 Å². The molecule has 0 fully saturated rings. The number of halogens is 6. The van der Waals surface area contributed by atoms with Gasteiger partial charge in [0.15, 0.2) is 0 Å². The highest BCUT2D eigenvalue weighted by molar-refractivity contribution is 6.15. The van der Waals surface area contributed by atoms with Crippen molar-refractivity contribution in [2.45, 2.75) is 38.5 Å². The van der Waals surface area contributed by atoms with Gasteiger partial charge in [-0.2, -0.15) is 26.3 Å². The standard InChI is InChI=1S/C25H23F6NO3/c1-15-3-2-4-16(5-6-21(23(33)34)17-8-10-35-14-17)7-9-32-22(15)18-11-19(24(26,27)28)13-20(12-18)25(29,30)31/h2,4,6,8,10-16H,3,5,7,9H2,1H3,(H,33,34). The molecule has 0 saturated carbocycles. The first kappa shape index (κ1) is 26.3. The molecular formula is C25H23F6NO3. The van der Waals surface area contributed by atoms with Crippen LogP contribution < -0.4 is 0 Å². The van der Waals surface area contributed by atoms with Crippen molar-refractivity contribution < 1.29 is 40.7 Å². The number of nitrogens with zero attached hydrogens (tertiary/aromatic N) is 1. The fourth-order valence-electron chi connectivity index (χ4n) is 3.88. The van der Waals surface area contributed by atoms with Gasteiger partial charge in [0.2, 0.25) is 0 Å². The summed E-state index contributed by atoms with van der Waals surface area (Å²) in [5.41, 5.74) is -2.30. The molecule has 2 aromatic rings. The molecule has 1 aliphatic rings. The van der Waals surface area contributed by atoms with E-state index < -0.39 is 35.4 Å². The molecule has 1 aromatic heterocycles. The van der Waals surface area contributed by atoms with Crippen molar-refractivity contribution >= 4 is 17.3 Å². The Hall–Kier alpha value is -3.30. The molecule has 2 unspecified atom stereocenters. The minimum atomic E-state index is -4.94. The minimum absolute atomic E-state index is 0.0771. The lowest BCUT2D eigenvalue weighted by molar-refractivity contribution is -0.143. The Bertz CT molecular complexity index is 1090. The molecule has 3 rings (SSSR count). The van der Waals surface area contributed by atoms with Crippen LogP contribution in [0.15, 0.2) is 64.4 Å². The quantitative estimate of drug-likeness (QED) is 0.267. The average Bonchev–Trinajstić information content (AvgIpc) is 3.30. The summed E-state index contributed by atoms with van der Waals surface area (Å²) in [5, 5.41) is 9.46. The molecule has 0 saturated heterocycles. The van der Waals surface area contributed by atoms with Crippen molar-refractivity contribution in [2.75, 3.05) is 6.54 Å². The molecule has 4 nitrogen and oxygen atoms in total. The third-order valence-corrected chi connectivity index (χ3v) is 5.72. The second-order valence-corrected chi connectivity index (χ2v) is 8.35. The van der Waals surface area contributed by atoms with Crippen LogP contribution in [0.5, 0.6) is 0 Å². The highest BCUT2D eigenvalue weighted by atomic mass is 19.4. The molecular weight excluding hydrogens is 476 g/mol. The SMILES string of the molecule is CC1CC=CC(CC=C(C(=O)O)c2ccoc2)CCN=C1c1cc(C(F)(F)F)cc(C(F)(F)F)c1. The van der Waals surface area contributed by atoms with E-state index >= 15 is 0 Å². The molecule has 0 spiro atoms. The van der Waals surface area contributed by atoms with E-state index in [1.807, 2.05) is 6.08 Å². The second kappa shape index (κ2) is 10.5. The number of hydrogen-bond donors (Lipinski definition) is 1. The molecule has 1 aliphatic heterocycles. The third-order valence-electron chi connectivity index (χ3n) is 5.72. The van der Waals surface area contributed by atoms with Crippen molar-refractivity contribution in [1.29, 1.82) is 0 Å². The zero-order chi connectivity index (χ0) is 25.8. The Labute approximate surface area is 197 Å². The van der Waals surface area contributed by atoms with Crippen LogP contribution in [-0.4, -0.2) is 23.3 Å². The van der Waals surface area contributed by atoms with E-state index in [-0.39, 0.29) is 35.4 Å². The molecule has 188 valence electrons. The Kier molecular flexibility index (Phi) is 7.92. The van der Waals surface area contributed by atoms with Crippen molar-refractivity contribution in [1.82, 2.24) is 0 Å². The van der Waals surface area contributed by atoms with E-state index in [0.29, 0.717) is 37.0 Å². The summed E-state index contributed by atoms with van der Waals surface area (Å²) in [5.74, 6) is -1.65. The first-order valence-electron chi connectivity index (χ1n) is 10.8. The van der Waals surface area contributed by atoms with E-state index in [1.54, 1.807) is 19.1 Å². The van der Waals surface area contributed by atoms with E-state index in [9.17, 15) is 36.2 Å². The van der Waals surface area contributed by atoms with Gasteiger partial charge in [-0.05, 0) is 55.0 Å². The van der Waals surface area contributed by atoms with Crippen LogP contribution in [0.2, 0.25) is 0 Å². The topological polar surface area (TPSA) is 62.8 Å². The maximum Gasteiger partial charge on any atom is 0.416 e. The van der Waals surface area contributed by atoms with Crippen LogP contribution in [0.3, 0.4) is 0 Å². The third kappa shape index (κ3) is 6.86. The molecule has 0 bridgehead atoms. The maximum absolute atomic E-state index is 13.3. The summed E-state index contributed by atoms with van der Waals surface area (Å²) in [6.45, 7) is 1.85. The molecule has 35 heavy (non-hydrogen) atoms. The van der Waals surface area contributed by atoms with E-state index in [4.69, 9.17) is 4.42 Å². The molecule has 2 heterocycles. The van der Waals surface area contributed by atoms with Crippen LogP contribution >= 0.6 is 0 Å². The summed E-state index contributed by atoms with van der Waals surface area (Å²) < 4.78 is 84.7. The zero-order valence-corrected chi connectivity index (χ0v) is 18.7. The van der Waals surface area contributed by atoms with Gasteiger partial charge in [0.1, 0.15) is 0 Å². The van der Waals surface area contributed by atoms with Crippen molar-refractivity contribution in [2.24, 2.45) is 16.8 Å². The van der Waals surface area contributed by atoms with Crippen molar-refractivity contribution in [3.8, 4) is 0 Å². The number of aliphatic imine (C=N–C) groups is 1. The van der Waals surface area contributed by atoms with Crippen LogP contribution in [0.1, 0.15) is 48.4 Å². The molecule has 2 atom stereocenters. The van der Waals surface area contributed by atoms with Gasteiger partial charge in [-0.3, -0.25) is 4.99 Å². The zero-order valence-electron chi connectivity index (χ0n) is 18.7. The van der Waals surface area contributed by atoms with Crippen LogP contribution in [0, 0.1) is 11.8 Å². The Morgan fingerprint density at radius 3 is 2.34 bits per heavy atom. The minimum Gasteiger partial charge on any atom is -0.478 e. The number of benzene rings is 1. The van der Waals surface area contributed by atoms with Gasteiger partial charge in [-0.25, -0.2) is 4.79 Å². The lowest BCUT2D eigenvalue weighted by atomic mass is 9.92. The van der Waals surface area contributed by atoms with Gasteiger partial charge in [0.25, 0.3) is 0 Å². The smallest absolute Gasteiger partial charge is 0.416 e. The van der Waals surface area contributed by atoms with Gasteiger partial charge in [-0.15, -0.1) is 0 Å². The number of rotatable bonds is 5. The summed E-state index contributed by atoms with van der Waals surface area (Å²) >= 11 is 0. The highest BCUT2D eigenvalue weighted by Gasteiger charge is 2.37. The van der Waals surface area contributed by atoms with E-state index in [0.717, 1.165) is 0 Å². The first-order valence-corrected chi connectivity index (χ1v) is 10.8. The molecule has 0 radical (unpaired) electrons. The molecule has 0 aliphatic carbocycles. The Morgan fingerprint density at radius 1 is 1.14 bits per heavy atom. The van der Waals surface area contributed by atoms with Crippen LogP contribution in [0.25, 0.3) is 5.57 Å². The van der Waals surface area contributed by atoms with E-state index in [2.05, 4.69) is 4.99 Å². The molecule has 0 amide bonds. The first-order chi connectivity index (χ1) is 16.4. The van der Waals surface area contributed by atoms with Crippen molar-refractivity contribution in [3.05, 3.63) is 77.3 Å². The summed E-state index contributed by atoms with van der Waals surface area (Å²) in [6.07, 6.45) is -0.784. The number of carboxylic acid groups (broad SMARTS) is 1. The monoisotopic (exact) mass is 499 g/mol. The Balaban J connectivity index is 1.88. The number of carbonyl (C=O) groups is 1. The molecule has 1 N–H and O–H groups in total. The fourth-order valence-corrected chi connectivity index (χ4v) is 3.88. The van der Waals surface area contributed by atoms with Gasteiger partial charge >= 0.3 is 18.3 Å². The summed E-state index contributed by atoms with van der Waals surface area (Å²) in [4.78, 5) is 16.0. The predicted molar refractivity (Wildman–Crippen MR) is 118 cm³/mol. The van der Waals surface area contributed by atoms with Gasteiger partial charge in [0.05, 0.1) is 29.2 Å². The highest BCUT2D eigenvalue weighted by Crippen LogP contribution is 2.37. The fraction of sp³-hybridized carbons (Fsp3) is 0.360. The van der Waals surface area contributed by atoms with Crippen LogP contribution in [0.4, 0.5) is 26.3 Å². The lowest BCUT2D eigenvalue weighted by Gasteiger charge is -2.18. The Morgan fingerprint density at radius 2 is 1.80 bits per heavy atom. The number of furan rings is 1. The number of hydrogen-bond acceptors (Lipinski definition) is 3. The number of aliphatic carboxylic acids is 1. The van der Waals surface area contributed by atoms with Gasteiger partial charge in [-0.1, -0.05) is 25.2 Å². The molecule has 10 heteroatoms. The largest absolute Gasteiger partial charge is 0.478 e. The number of carboxylic acids is 1. The molecule has 1 aromatic carbocycles. The van der Waals surface area contributed by atoms with Crippen molar-refractivity contribution in [3.63, 3.8) is 0 Å². The summed E-state index contributed by atoms with van der Waals surface area (Å²) in [7, 11) is 0. The maximum atomic E-state index is 13.3. The second-order valence-electron chi connectivity index (χ2n) is 8.35. The normalized spacial score (nSPS) is 20.1. The average molecular weight is 499 g/mol. The van der Waals surface area contributed by atoms with Gasteiger partial charge < -0.3 is 9.52 Å². The van der Waals surface area contributed by atoms with Crippen LogP contribution in [-0.2, 0) is 17.1 Å².